The van der Waals surface area contributed by atoms with Crippen LogP contribution in [0.1, 0.15) is 17.7 Å². The number of halogens is 3. The lowest BCUT2D eigenvalue weighted by molar-refractivity contribution is -0.116. The molecule has 6 nitrogen and oxygen atoms in total. The molecule has 0 atom stereocenters. The number of carbonyl (C=O) groups excluding carboxylic acids is 1. The van der Waals surface area contributed by atoms with Crippen LogP contribution in [0.25, 0.3) is 16.7 Å². The zero-order valence-electron chi connectivity index (χ0n) is 17.3. The normalized spacial score (nSPS) is 11.2. The molecule has 2 heterocycles. The molecule has 0 saturated carbocycles. The number of carbonyl (C=O) groups is 1. The number of nitrogens with zero attached hydrogens (tertiary/aromatic N) is 3. The summed E-state index contributed by atoms with van der Waals surface area (Å²) >= 11 is 0. The lowest BCUT2D eigenvalue weighted by Crippen LogP contribution is -2.24. The molecular formula is C23H19F3N4O2. The van der Waals surface area contributed by atoms with Crippen LogP contribution in [-0.4, -0.2) is 20.0 Å². The lowest BCUT2D eigenvalue weighted by atomic mass is 10.2. The van der Waals surface area contributed by atoms with Gasteiger partial charge in [-0.1, -0.05) is 6.07 Å². The van der Waals surface area contributed by atoms with Gasteiger partial charge < -0.3 is 5.32 Å². The van der Waals surface area contributed by atoms with Crippen molar-refractivity contribution in [3.05, 3.63) is 87.9 Å². The van der Waals surface area contributed by atoms with Crippen LogP contribution in [0, 0.1) is 31.3 Å². The van der Waals surface area contributed by atoms with Crippen molar-refractivity contribution in [2.45, 2.75) is 26.8 Å². The Morgan fingerprint density at radius 1 is 1.06 bits per heavy atom. The van der Waals surface area contributed by atoms with Crippen LogP contribution in [0.15, 0.2) is 53.6 Å². The van der Waals surface area contributed by atoms with E-state index in [2.05, 4.69) is 10.3 Å². The van der Waals surface area contributed by atoms with Crippen molar-refractivity contribution in [1.29, 1.82) is 0 Å². The third-order valence-corrected chi connectivity index (χ3v) is 5.33. The molecular weight excluding hydrogens is 421 g/mol. The maximum Gasteiger partial charge on any atom is 0.263 e. The second kappa shape index (κ2) is 8.33. The topological polar surface area (TPSA) is 68.9 Å². The van der Waals surface area contributed by atoms with Crippen LogP contribution < -0.4 is 10.9 Å². The van der Waals surface area contributed by atoms with E-state index in [-0.39, 0.29) is 24.2 Å². The molecule has 0 spiro atoms. The Morgan fingerprint density at radius 2 is 1.81 bits per heavy atom. The van der Waals surface area contributed by atoms with E-state index in [1.807, 2.05) is 6.92 Å². The number of rotatable bonds is 5. The predicted molar refractivity (Wildman–Crippen MR) is 114 cm³/mol. The highest BCUT2D eigenvalue weighted by Crippen LogP contribution is 2.25. The van der Waals surface area contributed by atoms with Gasteiger partial charge in [-0.15, -0.1) is 0 Å². The highest BCUT2D eigenvalue weighted by atomic mass is 19.1. The molecule has 4 rings (SSSR count). The molecule has 1 amide bonds. The number of amides is 1. The highest BCUT2D eigenvalue weighted by molar-refractivity contribution is 5.90. The quantitative estimate of drug-likeness (QED) is 0.505. The standard InChI is InChI=1S/C23H19F3N4O2/c1-13-14(2)30(17-5-3-4-15(24)10-17)22-21(13)23(32)29(12-27-22)9-8-20(31)28-19-7-6-16(25)11-18(19)26/h3-7,10-12H,8-9H2,1-2H3,(H,28,31). The van der Waals surface area contributed by atoms with Crippen LogP contribution in [0.3, 0.4) is 0 Å². The monoisotopic (exact) mass is 440 g/mol. The van der Waals surface area contributed by atoms with Gasteiger partial charge in [-0.3, -0.25) is 18.7 Å². The first-order valence-electron chi connectivity index (χ1n) is 9.84. The number of anilines is 1. The summed E-state index contributed by atoms with van der Waals surface area (Å²) in [6.07, 6.45) is 1.21. The average Bonchev–Trinajstić information content (AvgIpc) is 3.00. The second-order valence-corrected chi connectivity index (χ2v) is 7.39. The van der Waals surface area contributed by atoms with E-state index in [1.54, 1.807) is 23.6 Å². The largest absolute Gasteiger partial charge is 0.324 e. The zero-order valence-corrected chi connectivity index (χ0v) is 17.3. The molecule has 32 heavy (non-hydrogen) atoms. The molecule has 2 aromatic heterocycles. The summed E-state index contributed by atoms with van der Waals surface area (Å²) in [6, 6.07) is 8.83. The Morgan fingerprint density at radius 3 is 2.53 bits per heavy atom. The van der Waals surface area contributed by atoms with E-state index in [4.69, 9.17) is 0 Å². The third-order valence-electron chi connectivity index (χ3n) is 5.33. The number of hydrogen-bond acceptors (Lipinski definition) is 3. The number of hydrogen-bond donors (Lipinski definition) is 1. The zero-order chi connectivity index (χ0) is 23.0. The molecule has 0 radical (unpaired) electrons. The predicted octanol–water partition coefficient (Wildman–Crippen LogP) is 4.25. The Balaban J connectivity index is 1.61. The fourth-order valence-corrected chi connectivity index (χ4v) is 3.60. The molecule has 0 aliphatic carbocycles. The van der Waals surface area contributed by atoms with Gasteiger partial charge in [0.25, 0.3) is 5.56 Å². The first-order chi connectivity index (χ1) is 15.3. The minimum atomic E-state index is -0.886. The summed E-state index contributed by atoms with van der Waals surface area (Å²) in [7, 11) is 0. The molecule has 4 aromatic rings. The van der Waals surface area contributed by atoms with Crippen molar-refractivity contribution in [1.82, 2.24) is 14.1 Å². The molecule has 9 heteroatoms. The first-order valence-corrected chi connectivity index (χ1v) is 9.84. The average molecular weight is 440 g/mol. The van der Waals surface area contributed by atoms with Gasteiger partial charge in [-0.25, -0.2) is 18.2 Å². The van der Waals surface area contributed by atoms with Crippen molar-refractivity contribution in [3.63, 3.8) is 0 Å². The molecule has 164 valence electrons. The summed E-state index contributed by atoms with van der Waals surface area (Å²) < 4.78 is 43.5. The summed E-state index contributed by atoms with van der Waals surface area (Å²) in [5.74, 6) is -2.57. The van der Waals surface area contributed by atoms with E-state index in [9.17, 15) is 22.8 Å². The van der Waals surface area contributed by atoms with Crippen LogP contribution in [-0.2, 0) is 11.3 Å². The minimum absolute atomic E-state index is 0.0139. The lowest BCUT2D eigenvalue weighted by Gasteiger charge is -2.09. The van der Waals surface area contributed by atoms with E-state index in [1.165, 1.54) is 23.0 Å². The summed E-state index contributed by atoms with van der Waals surface area (Å²) in [5, 5.41) is 2.73. The second-order valence-electron chi connectivity index (χ2n) is 7.39. The Hall–Kier alpha value is -3.88. The van der Waals surface area contributed by atoms with E-state index >= 15 is 0 Å². The molecule has 0 saturated heterocycles. The Bertz CT molecular complexity index is 1410. The maximum absolute atomic E-state index is 13.7. The van der Waals surface area contributed by atoms with Gasteiger partial charge in [0, 0.05) is 24.7 Å². The molecule has 0 unspecified atom stereocenters. The Labute approximate surface area is 180 Å². The molecule has 0 bridgehead atoms. The van der Waals surface area contributed by atoms with Gasteiger partial charge in [0.2, 0.25) is 5.91 Å². The van der Waals surface area contributed by atoms with E-state index in [0.29, 0.717) is 28.4 Å². The molecule has 0 fully saturated rings. The fourth-order valence-electron chi connectivity index (χ4n) is 3.60. The van der Waals surface area contributed by atoms with Crippen molar-refractivity contribution >= 4 is 22.6 Å². The number of benzene rings is 2. The van der Waals surface area contributed by atoms with Crippen LogP contribution in [0.5, 0.6) is 0 Å². The highest BCUT2D eigenvalue weighted by Gasteiger charge is 2.18. The molecule has 0 aliphatic heterocycles. The van der Waals surface area contributed by atoms with Gasteiger partial charge in [0.05, 0.1) is 23.1 Å². The van der Waals surface area contributed by atoms with Crippen molar-refractivity contribution in [2.75, 3.05) is 5.32 Å². The van der Waals surface area contributed by atoms with Gasteiger partial charge in [-0.05, 0) is 49.7 Å². The third kappa shape index (κ3) is 3.89. The number of aromatic nitrogens is 3. The van der Waals surface area contributed by atoms with Crippen molar-refractivity contribution in [2.24, 2.45) is 0 Å². The smallest absolute Gasteiger partial charge is 0.263 e. The fraction of sp³-hybridized carbons (Fsp3) is 0.174. The molecule has 0 aliphatic rings. The van der Waals surface area contributed by atoms with Gasteiger partial charge in [-0.2, -0.15) is 0 Å². The van der Waals surface area contributed by atoms with Crippen molar-refractivity contribution in [3.8, 4) is 5.69 Å². The molecule has 1 N–H and O–H groups in total. The van der Waals surface area contributed by atoms with Gasteiger partial charge in [0.1, 0.15) is 17.5 Å². The summed E-state index contributed by atoms with van der Waals surface area (Å²) in [5.41, 5.74) is 1.91. The van der Waals surface area contributed by atoms with Gasteiger partial charge >= 0.3 is 0 Å². The van der Waals surface area contributed by atoms with E-state index in [0.717, 1.165) is 17.8 Å². The minimum Gasteiger partial charge on any atom is -0.324 e. The number of aryl methyl sites for hydroxylation is 2. The van der Waals surface area contributed by atoms with Gasteiger partial charge in [0.15, 0.2) is 5.65 Å². The summed E-state index contributed by atoms with van der Waals surface area (Å²) in [4.78, 5) is 29.7. The van der Waals surface area contributed by atoms with Crippen LogP contribution >= 0.6 is 0 Å². The SMILES string of the molecule is Cc1c(C)n(-c2cccc(F)c2)c2ncn(CCC(=O)Nc3ccc(F)cc3F)c(=O)c12. The van der Waals surface area contributed by atoms with Crippen LogP contribution in [0.2, 0.25) is 0 Å². The van der Waals surface area contributed by atoms with Crippen molar-refractivity contribution < 1.29 is 18.0 Å². The molecule has 2 aromatic carbocycles. The number of fused-ring (bicyclic) bond motifs is 1. The Kier molecular flexibility index (Phi) is 5.56. The number of nitrogens with one attached hydrogen (secondary N) is 1. The maximum atomic E-state index is 13.7. The first kappa shape index (κ1) is 21.4. The van der Waals surface area contributed by atoms with Crippen LogP contribution in [0.4, 0.5) is 18.9 Å². The van der Waals surface area contributed by atoms with E-state index < -0.39 is 23.4 Å². The summed E-state index contributed by atoms with van der Waals surface area (Å²) in [6.45, 7) is 3.61.